The van der Waals surface area contributed by atoms with E-state index in [0.717, 1.165) is 0 Å². The molecule has 1 rings (SSSR count). The predicted molar refractivity (Wildman–Crippen MR) is 67.6 cm³/mol. The molecule has 0 aromatic heterocycles. The summed E-state index contributed by atoms with van der Waals surface area (Å²) in [6, 6.07) is 9.17. The van der Waals surface area contributed by atoms with Crippen LogP contribution in [0.5, 0.6) is 0 Å². The number of Topliss-reactive ketones (excluding diaryl/α,β-unsaturated/α-hetero) is 1. The van der Waals surface area contributed by atoms with Gasteiger partial charge in [0, 0.05) is 26.1 Å². The van der Waals surface area contributed by atoms with E-state index in [-0.39, 0.29) is 5.78 Å². The predicted octanol–water partition coefficient (Wildman–Crippen LogP) is 2.12. The zero-order valence-electron chi connectivity index (χ0n) is 9.47. The van der Waals surface area contributed by atoms with Gasteiger partial charge in [-0.05, 0) is 12.2 Å². The van der Waals surface area contributed by atoms with Gasteiger partial charge in [0.05, 0.1) is 6.61 Å². The summed E-state index contributed by atoms with van der Waals surface area (Å²) in [4.78, 5) is 13.4. The number of carbonyl (C=O) groups excluding carboxylic acids is 1. The van der Waals surface area contributed by atoms with Crippen LogP contribution in [0.15, 0.2) is 30.3 Å². The van der Waals surface area contributed by atoms with Crippen LogP contribution in [0.4, 0.5) is 0 Å². The minimum Gasteiger partial charge on any atom is -0.470 e. The minimum absolute atomic E-state index is 0.0714. The van der Waals surface area contributed by atoms with Crippen LogP contribution in [0.1, 0.15) is 16.8 Å². The lowest BCUT2D eigenvalue weighted by Gasteiger charge is -2.13. The van der Waals surface area contributed by atoms with Gasteiger partial charge in [0.2, 0.25) is 0 Å². The number of hydrogen-bond acceptors (Lipinski definition) is 3. The van der Waals surface area contributed by atoms with Gasteiger partial charge in [-0.2, -0.15) is 0 Å². The highest BCUT2D eigenvalue weighted by Crippen LogP contribution is 2.03. The molecule has 0 aliphatic rings. The highest BCUT2D eigenvalue weighted by Gasteiger charge is 2.06. The van der Waals surface area contributed by atoms with Gasteiger partial charge in [0.1, 0.15) is 0 Å². The smallest absolute Gasteiger partial charge is 0.258 e. The second-order valence-electron chi connectivity index (χ2n) is 3.55. The zero-order chi connectivity index (χ0) is 12.0. The van der Waals surface area contributed by atoms with E-state index >= 15 is 0 Å². The number of nitrogens with zero attached hydrogens (tertiary/aromatic N) is 1. The van der Waals surface area contributed by atoms with Gasteiger partial charge < -0.3 is 9.64 Å². The molecule has 0 radical (unpaired) electrons. The van der Waals surface area contributed by atoms with E-state index in [1.54, 1.807) is 31.1 Å². The second-order valence-corrected chi connectivity index (χ2v) is 3.90. The molecule has 0 fully saturated rings. The number of hydrogen-bond donors (Lipinski definition) is 0. The van der Waals surface area contributed by atoms with Crippen LogP contribution in [-0.4, -0.2) is 36.6 Å². The van der Waals surface area contributed by atoms with Crippen molar-refractivity contribution in [1.29, 1.82) is 0 Å². The van der Waals surface area contributed by atoms with Crippen LogP contribution in [-0.2, 0) is 4.74 Å². The summed E-state index contributed by atoms with van der Waals surface area (Å²) in [6.07, 6.45) is 0.345. The Kier molecular flexibility index (Phi) is 4.92. The van der Waals surface area contributed by atoms with Crippen LogP contribution in [0.3, 0.4) is 0 Å². The molecule has 0 saturated heterocycles. The summed E-state index contributed by atoms with van der Waals surface area (Å²) >= 11 is 4.94. The van der Waals surface area contributed by atoms with Gasteiger partial charge in [0.25, 0.3) is 5.17 Å². The van der Waals surface area contributed by atoms with E-state index in [1.165, 1.54) is 0 Å². The van der Waals surface area contributed by atoms with Crippen LogP contribution < -0.4 is 0 Å². The van der Waals surface area contributed by atoms with Crippen molar-refractivity contribution in [3.8, 4) is 0 Å². The standard InChI is InChI=1S/C12H15NO2S/c1-13(2)12(16)15-9-8-11(14)10-6-4-3-5-7-10/h3-7H,8-9H2,1-2H3. The van der Waals surface area contributed by atoms with Crippen molar-refractivity contribution in [2.24, 2.45) is 0 Å². The third-order valence-electron chi connectivity index (χ3n) is 2.02. The minimum atomic E-state index is 0.0714. The molecule has 4 heteroatoms. The number of benzene rings is 1. The van der Waals surface area contributed by atoms with E-state index < -0.39 is 0 Å². The first-order valence-corrected chi connectivity index (χ1v) is 5.44. The van der Waals surface area contributed by atoms with E-state index in [4.69, 9.17) is 17.0 Å². The summed E-state index contributed by atoms with van der Waals surface area (Å²) < 4.78 is 5.23. The van der Waals surface area contributed by atoms with Crippen molar-refractivity contribution in [2.75, 3.05) is 20.7 Å². The SMILES string of the molecule is CN(C)C(=S)OCCC(=O)c1ccccc1. The van der Waals surface area contributed by atoms with E-state index in [2.05, 4.69) is 0 Å². The average molecular weight is 237 g/mol. The molecule has 16 heavy (non-hydrogen) atoms. The van der Waals surface area contributed by atoms with Crippen molar-refractivity contribution in [3.63, 3.8) is 0 Å². The Hall–Kier alpha value is -1.42. The number of rotatable bonds is 4. The fraction of sp³-hybridized carbons (Fsp3) is 0.333. The Bertz CT molecular complexity index is 363. The maximum Gasteiger partial charge on any atom is 0.258 e. The zero-order valence-corrected chi connectivity index (χ0v) is 10.3. The van der Waals surface area contributed by atoms with Gasteiger partial charge in [0.15, 0.2) is 5.78 Å². The summed E-state index contributed by atoms with van der Waals surface area (Å²) in [5, 5.41) is 0.404. The number of ketones is 1. The Morgan fingerprint density at radius 2 is 1.94 bits per heavy atom. The second kappa shape index (κ2) is 6.23. The summed E-state index contributed by atoms with van der Waals surface area (Å²) in [7, 11) is 3.61. The first-order valence-electron chi connectivity index (χ1n) is 5.03. The molecule has 0 aliphatic carbocycles. The molecular weight excluding hydrogens is 222 g/mol. The Morgan fingerprint density at radius 3 is 2.50 bits per heavy atom. The van der Waals surface area contributed by atoms with Crippen molar-refractivity contribution in [1.82, 2.24) is 4.90 Å². The molecule has 0 amide bonds. The molecule has 0 aliphatic heterocycles. The van der Waals surface area contributed by atoms with Gasteiger partial charge in [-0.25, -0.2) is 0 Å². The van der Waals surface area contributed by atoms with E-state index in [9.17, 15) is 4.79 Å². The molecule has 0 bridgehead atoms. The molecule has 3 nitrogen and oxygen atoms in total. The Morgan fingerprint density at radius 1 is 1.31 bits per heavy atom. The van der Waals surface area contributed by atoms with Crippen molar-refractivity contribution in [2.45, 2.75) is 6.42 Å². The van der Waals surface area contributed by atoms with Gasteiger partial charge in [-0.15, -0.1) is 0 Å². The molecule has 0 N–H and O–H groups in total. The lowest BCUT2D eigenvalue weighted by Crippen LogP contribution is -2.23. The molecule has 0 saturated carbocycles. The molecule has 0 unspecified atom stereocenters. The molecule has 1 aromatic rings. The third-order valence-corrected chi connectivity index (χ3v) is 2.50. The van der Waals surface area contributed by atoms with Crippen molar-refractivity contribution in [3.05, 3.63) is 35.9 Å². The molecule has 0 atom stereocenters. The van der Waals surface area contributed by atoms with Crippen LogP contribution >= 0.6 is 12.2 Å². The molecule has 0 spiro atoms. The van der Waals surface area contributed by atoms with Crippen LogP contribution in [0.25, 0.3) is 0 Å². The molecule has 86 valence electrons. The van der Waals surface area contributed by atoms with Crippen molar-refractivity contribution < 1.29 is 9.53 Å². The maximum atomic E-state index is 11.7. The number of carbonyl (C=O) groups is 1. The molecule has 1 aromatic carbocycles. The van der Waals surface area contributed by atoms with Crippen LogP contribution in [0, 0.1) is 0 Å². The Balaban J connectivity index is 2.34. The lowest BCUT2D eigenvalue weighted by molar-refractivity contribution is 0.0956. The summed E-state index contributed by atoms with van der Waals surface area (Å²) in [5.74, 6) is 0.0714. The van der Waals surface area contributed by atoms with Gasteiger partial charge in [-0.3, -0.25) is 4.79 Å². The number of thiocarbonyl (C=S) groups is 1. The Labute approximate surface area is 101 Å². The molecular formula is C12H15NO2S. The average Bonchev–Trinajstić information content (AvgIpc) is 2.29. The third kappa shape index (κ3) is 3.98. The first kappa shape index (κ1) is 12.6. The summed E-state index contributed by atoms with van der Waals surface area (Å²) in [6.45, 7) is 0.324. The highest BCUT2D eigenvalue weighted by molar-refractivity contribution is 7.80. The monoisotopic (exact) mass is 237 g/mol. The number of ether oxygens (including phenoxy) is 1. The fourth-order valence-electron chi connectivity index (χ4n) is 1.13. The van der Waals surface area contributed by atoms with Gasteiger partial charge in [-0.1, -0.05) is 30.3 Å². The first-order chi connectivity index (χ1) is 7.61. The van der Waals surface area contributed by atoms with Crippen molar-refractivity contribution >= 4 is 23.2 Å². The van der Waals surface area contributed by atoms with Gasteiger partial charge >= 0.3 is 0 Å². The maximum absolute atomic E-state index is 11.7. The fourth-order valence-corrected chi connectivity index (χ4v) is 1.21. The topological polar surface area (TPSA) is 29.5 Å². The van der Waals surface area contributed by atoms with E-state index in [0.29, 0.717) is 23.8 Å². The van der Waals surface area contributed by atoms with E-state index in [1.807, 2.05) is 18.2 Å². The highest BCUT2D eigenvalue weighted by atomic mass is 32.1. The normalized spacial score (nSPS) is 9.62. The quantitative estimate of drug-likeness (QED) is 0.592. The van der Waals surface area contributed by atoms with Crippen LogP contribution in [0.2, 0.25) is 0 Å². The lowest BCUT2D eigenvalue weighted by atomic mass is 10.1. The largest absolute Gasteiger partial charge is 0.470 e. The summed E-state index contributed by atoms with van der Waals surface area (Å²) in [5.41, 5.74) is 0.710. The molecule has 0 heterocycles.